The van der Waals surface area contributed by atoms with Crippen molar-refractivity contribution in [2.24, 2.45) is 12.8 Å². The molecule has 3 N–H and O–H groups in total. The molecule has 0 saturated heterocycles. The number of ether oxygens (including phenoxy) is 1. The summed E-state index contributed by atoms with van der Waals surface area (Å²) in [5, 5.41) is 7.07. The maximum atomic E-state index is 11.9. The summed E-state index contributed by atoms with van der Waals surface area (Å²) in [7, 11) is 3.38. The van der Waals surface area contributed by atoms with Crippen LogP contribution in [0.25, 0.3) is 0 Å². The monoisotopic (exact) mass is 254 g/mol. The third-order valence-corrected chi connectivity index (χ3v) is 2.71. The van der Waals surface area contributed by atoms with E-state index < -0.39 is 0 Å². The minimum absolute atomic E-state index is 0.0481. The molecule has 1 aromatic rings. The molecule has 1 atom stereocenters. The van der Waals surface area contributed by atoms with Gasteiger partial charge in [0.15, 0.2) is 0 Å². The highest BCUT2D eigenvalue weighted by atomic mass is 16.5. The van der Waals surface area contributed by atoms with Crippen molar-refractivity contribution in [3.8, 4) is 0 Å². The highest BCUT2D eigenvalue weighted by Gasteiger charge is 2.12. The molecule has 0 bridgehead atoms. The number of amides is 1. The van der Waals surface area contributed by atoms with Gasteiger partial charge in [0.1, 0.15) is 5.69 Å². The molecule has 18 heavy (non-hydrogen) atoms. The van der Waals surface area contributed by atoms with Crippen LogP contribution < -0.4 is 11.1 Å². The second kappa shape index (κ2) is 7.13. The largest absolute Gasteiger partial charge is 0.383 e. The summed E-state index contributed by atoms with van der Waals surface area (Å²) >= 11 is 0. The van der Waals surface area contributed by atoms with E-state index in [0.29, 0.717) is 25.3 Å². The number of aromatic nitrogens is 2. The van der Waals surface area contributed by atoms with Gasteiger partial charge in [0.2, 0.25) is 0 Å². The molecule has 0 aliphatic carbocycles. The highest BCUT2D eigenvalue weighted by molar-refractivity contribution is 5.92. The fourth-order valence-corrected chi connectivity index (χ4v) is 1.67. The Hall–Kier alpha value is -1.40. The van der Waals surface area contributed by atoms with Crippen LogP contribution in [0.3, 0.4) is 0 Å². The maximum Gasteiger partial charge on any atom is 0.269 e. The second-order valence-electron chi connectivity index (χ2n) is 4.26. The molecule has 0 radical (unpaired) electrons. The number of nitrogens with one attached hydrogen (secondary N) is 1. The topological polar surface area (TPSA) is 82.2 Å². The van der Waals surface area contributed by atoms with Gasteiger partial charge in [-0.3, -0.25) is 9.48 Å². The van der Waals surface area contributed by atoms with E-state index in [1.807, 2.05) is 13.0 Å². The minimum atomic E-state index is -0.116. The van der Waals surface area contributed by atoms with Crippen molar-refractivity contribution in [3.63, 3.8) is 0 Å². The second-order valence-corrected chi connectivity index (χ2v) is 4.26. The molecule has 0 aliphatic heterocycles. The Bertz CT molecular complexity index is 389. The van der Waals surface area contributed by atoms with Crippen molar-refractivity contribution >= 4 is 5.91 Å². The minimum Gasteiger partial charge on any atom is -0.383 e. The molecular formula is C12H22N4O2. The lowest BCUT2D eigenvalue weighted by Crippen LogP contribution is -2.33. The molecule has 0 aromatic carbocycles. The average molecular weight is 254 g/mol. The molecule has 6 nitrogen and oxygen atoms in total. The predicted molar refractivity (Wildman–Crippen MR) is 69.4 cm³/mol. The summed E-state index contributed by atoms with van der Waals surface area (Å²) in [4.78, 5) is 11.9. The lowest BCUT2D eigenvalue weighted by atomic mass is 10.2. The SMILES string of the molecule is CCc1cc(C(=O)NCCC(N)COC)n(C)n1. The van der Waals surface area contributed by atoms with E-state index in [9.17, 15) is 4.79 Å². The van der Waals surface area contributed by atoms with Crippen LogP contribution in [0.1, 0.15) is 29.5 Å². The van der Waals surface area contributed by atoms with Gasteiger partial charge in [-0.15, -0.1) is 0 Å². The van der Waals surface area contributed by atoms with Crippen LogP contribution in [0.4, 0.5) is 0 Å². The number of aryl methyl sites for hydroxylation is 2. The van der Waals surface area contributed by atoms with Gasteiger partial charge < -0.3 is 15.8 Å². The van der Waals surface area contributed by atoms with Crippen molar-refractivity contribution in [3.05, 3.63) is 17.5 Å². The number of nitrogens with zero attached hydrogens (tertiary/aromatic N) is 2. The highest BCUT2D eigenvalue weighted by Crippen LogP contribution is 2.03. The van der Waals surface area contributed by atoms with Gasteiger partial charge in [-0.2, -0.15) is 5.10 Å². The van der Waals surface area contributed by atoms with Crippen LogP contribution in [-0.2, 0) is 18.2 Å². The van der Waals surface area contributed by atoms with Crippen LogP contribution >= 0.6 is 0 Å². The molecule has 0 saturated carbocycles. The number of rotatable bonds is 7. The van der Waals surface area contributed by atoms with Gasteiger partial charge >= 0.3 is 0 Å². The molecule has 6 heteroatoms. The number of hydrogen-bond acceptors (Lipinski definition) is 4. The third kappa shape index (κ3) is 4.12. The van der Waals surface area contributed by atoms with Crippen molar-refractivity contribution < 1.29 is 9.53 Å². The maximum absolute atomic E-state index is 11.9. The molecule has 1 amide bonds. The van der Waals surface area contributed by atoms with Crippen molar-refractivity contribution in [1.82, 2.24) is 15.1 Å². The molecule has 102 valence electrons. The van der Waals surface area contributed by atoms with Crippen molar-refractivity contribution in [1.29, 1.82) is 0 Å². The first kappa shape index (κ1) is 14.7. The van der Waals surface area contributed by atoms with Crippen LogP contribution in [0.2, 0.25) is 0 Å². The van der Waals surface area contributed by atoms with Crippen molar-refractivity contribution in [2.75, 3.05) is 20.3 Å². The molecule has 1 heterocycles. The molecule has 1 unspecified atom stereocenters. The average Bonchev–Trinajstić information content (AvgIpc) is 2.71. The third-order valence-electron chi connectivity index (χ3n) is 2.71. The Morgan fingerprint density at radius 1 is 1.67 bits per heavy atom. The molecule has 1 aromatic heterocycles. The van der Waals surface area contributed by atoms with Crippen molar-refractivity contribution in [2.45, 2.75) is 25.8 Å². The van der Waals surface area contributed by atoms with Crippen LogP contribution in [0.5, 0.6) is 0 Å². The standard InChI is InChI=1S/C12H22N4O2/c1-4-10-7-11(16(2)15-10)12(17)14-6-5-9(13)8-18-3/h7,9H,4-6,8,13H2,1-3H3,(H,14,17). The summed E-state index contributed by atoms with van der Waals surface area (Å²) in [5.41, 5.74) is 7.26. The van der Waals surface area contributed by atoms with Gasteiger partial charge in [-0.1, -0.05) is 6.92 Å². The van der Waals surface area contributed by atoms with Crippen LogP contribution in [0.15, 0.2) is 6.07 Å². The first-order valence-corrected chi connectivity index (χ1v) is 6.14. The molecule has 0 fully saturated rings. The van der Waals surface area contributed by atoms with Gasteiger partial charge in [0.05, 0.1) is 12.3 Å². The molecule has 1 rings (SSSR count). The first-order valence-electron chi connectivity index (χ1n) is 6.14. The quantitative estimate of drug-likeness (QED) is 0.721. The smallest absolute Gasteiger partial charge is 0.269 e. The zero-order chi connectivity index (χ0) is 13.5. The zero-order valence-corrected chi connectivity index (χ0v) is 11.3. The van der Waals surface area contributed by atoms with E-state index in [1.165, 1.54) is 0 Å². The van der Waals surface area contributed by atoms with E-state index in [2.05, 4.69) is 10.4 Å². The summed E-state index contributed by atoms with van der Waals surface area (Å²) in [6.45, 7) is 3.05. The lowest BCUT2D eigenvalue weighted by molar-refractivity contribution is 0.0941. The van der Waals surface area contributed by atoms with Gasteiger partial charge in [-0.25, -0.2) is 0 Å². The van der Waals surface area contributed by atoms with E-state index in [1.54, 1.807) is 18.8 Å². The summed E-state index contributed by atoms with van der Waals surface area (Å²) in [5.74, 6) is -0.116. The normalized spacial score (nSPS) is 12.4. The van der Waals surface area contributed by atoms with E-state index in [-0.39, 0.29) is 11.9 Å². The van der Waals surface area contributed by atoms with E-state index in [0.717, 1.165) is 12.1 Å². The fourth-order valence-electron chi connectivity index (χ4n) is 1.67. The Balaban J connectivity index is 2.43. The Morgan fingerprint density at radius 3 is 2.94 bits per heavy atom. The van der Waals surface area contributed by atoms with E-state index in [4.69, 9.17) is 10.5 Å². The number of hydrogen-bond donors (Lipinski definition) is 2. The number of carbonyl (C=O) groups is 1. The molecule has 0 spiro atoms. The van der Waals surface area contributed by atoms with Gasteiger partial charge in [0, 0.05) is 26.7 Å². The number of nitrogens with two attached hydrogens (primary N) is 1. The van der Waals surface area contributed by atoms with Crippen LogP contribution in [0, 0.1) is 0 Å². The number of carbonyl (C=O) groups excluding carboxylic acids is 1. The Morgan fingerprint density at radius 2 is 2.39 bits per heavy atom. The van der Waals surface area contributed by atoms with Gasteiger partial charge in [-0.05, 0) is 18.9 Å². The van der Waals surface area contributed by atoms with Crippen LogP contribution in [-0.4, -0.2) is 42.0 Å². The predicted octanol–water partition coefficient (Wildman–Crippen LogP) is 0.0761. The lowest BCUT2D eigenvalue weighted by Gasteiger charge is -2.10. The molecular weight excluding hydrogens is 232 g/mol. The van der Waals surface area contributed by atoms with Gasteiger partial charge in [0.25, 0.3) is 5.91 Å². The number of methoxy groups -OCH3 is 1. The van der Waals surface area contributed by atoms with E-state index >= 15 is 0 Å². The Labute approximate surface area is 107 Å². The summed E-state index contributed by atoms with van der Waals surface area (Å²) in [6, 6.07) is 1.76. The fraction of sp³-hybridized carbons (Fsp3) is 0.667. The first-order chi connectivity index (χ1) is 8.58. The Kier molecular flexibility index (Phi) is 5.80. The summed E-state index contributed by atoms with van der Waals surface area (Å²) in [6.07, 6.45) is 1.51. The molecule has 0 aliphatic rings. The zero-order valence-electron chi connectivity index (χ0n) is 11.3. The summed E-state index contributed by atoms with van der Waals surface area (Å²) < 4.78 is 6.53.